The fourth-order valence-corrected chi connectivity index (χ4v) is 11.4. The standard InChI is InChI=1S/C17H32.C16H16O4.C11H8N2O3S.C10H20.C6H14O.C2H6.6CH4/c1-13-5-9-15(10-6-13)17(3,4)16-11-7-14(2)8-12-16;1-18-13-10-9-12(15(19-2)16(13)20-3)14(17)11-7-5-4-6-8-11;1-17(15,16)10-4-2-3-8-7(10)5-6-9(13-12)11(8)14;1-3-9-5-7-10(4-2)8-6-9;1-3-5-7-6-4-2;1-2;;;;;;/h13-16H,5-12H2,1-4H3;4-10H,1-3H3;2-6H,1H3;9-10H,3-8H2,1-2H3;3-6H2,1-2H3;1-2H3;6*1H4. The number of allylic oxidation sites excluding steroid dienone is 1. The van der Waals surface area contributed by atoms with E-state index >= 15 is 0 Å². The van der Waals surface area contributed by atoms with Crippen LogP contribution in [0, 0.1) is 40.9 Å². The van der Waals surface area contributed by atoms with Gasteiger partial charge in [-0.15, -0.1) is 0 Å². The highest BCUT2D eigenvalue weighted by molar-refractivity contribution is 7.90. The SMILES string of the molecule is C.C.C.C.C.C.CC.CC1CCC(C(C)(C)C2CCC(C)CC2)CC1.CCC1CCC(CC)CC1.CCCOCCC.COc1ccc(C(=O)c2ccccc2)c(OC)c1OC.CS(=O)(=O)c1cccc2c1C=CC(=[N+]=[N-])C2=O. The second kappa shape index (κ2) is 44.1. The zero-order chi connectivity index (χ0) is 54.6. The van der Waals surface area contributed by atoms with Crippen LogP contribution in [0.15, 0.2) is 71.6 Å². The van der Waals surface area contributed by atoms with Gasteiger partial charge < -0.3 is 24.5 Å². The van der Waals surface area contributed by atoms with Crippen molar-refractivity contribution >= 4 is 33.2 Å². The molecule has 0 aliphatic heterocycles. The first-order valence-corrected chi connectivity index (χ1v) is 29.6. The van der Waals surface area contributed by atoms with Gasteiger partial charge in [-0.1, -0.05) is 220 Å². The van der Waals surface area contributed by atoms with E-state index in [0.717, 1.165) is 67.8 Å². The van der Waals surface area contributed by atoms with Crippen LogP contribution in [-0.4, -0.2) is 71.3 Å². The van der Waals surface area contributed by atoms with Gasteiger partial charge in [0.15, 0.2) is 27.1 Å². The van der Waals surface area contributed by atoms with E-state index in [2.05, 4.69) is 60.2 Å². The molecule has 3 aromatic rings. The van der Waals surface area contributed by atoms with Crippen molar-refractivity contribution in [2.45, 2.75) is 221 Å². The van der Waals surface area contributed by atoms with E-state index in [9.17, 15) is 18.0 Å². The molecule has 11 heteroatoms. The van der Waals surface area contributed by atoms with Crippen LogP contribution in [0.5, 0.6) is 17.2 Å². The molecule has 456 valence electrons. The van der Waals surface area contributed by atoms with Gasteiger partial charge in [0.2, 0.25) is 5.75 Å². The predicted molar refractivity (Wildman–Crippen MR) is 343 cm³/mol. The van der Waals surface area contributed by atoms with Crippen LogP contribution in [0.1, 0.15) is 248 Å². The lowest BCUT2D eigenvalue weighted by Gasteiger charge is -2.46. The number of benzene rings is 3. The number of sulfone groups is 1. The van der Waals surface area contributed by atoms with E-state index in [0.29, 0.717) is 39.4 Å². The average molecular weight is 1130 g/mol. The molecular weight excluding hydrogens is 1000 g/mol. The number of hydrogen-bond acceptors (Lipinski definition) is 8. The fourth-order valence-electron chi connectivity index (χ4n) is 10.5. The number of nitrogens with zero attached hydrogens (tertiary/aromatic N) is 2. The Hall–Kier alpha value is -4.57. The Morgan fingerprint density at radius 1 is 0.620 bits per heavy atom. The van der Waals surface area contributed by atoms with E-state index in [4.69, 9.17) is 24.5 Å². The Balaban J connectivity index is -0.000000291. The number of ether oxygens (including phenoxy) is 4. The Kier molecular flexibility index (Phi) is 46.5. The van der Waals surface area contributed by atoms with Crippen molar-refractivity contribution in [3.8, 4) is 17.2 Å². The van der Waals surface area contributed by atoms with Gasteiger partial charge in [-0.25, -0.2) is 8.42 Å². The van der Waals surface area contributed by atoms with Crippen molar-refractivity contribution in [3.05, 3.63) is 94.5 Å². The third kappa shape index (κ3) is 26.3. The highest BCUT2D eigenvalue weighted by atomic mass is 32.2. The molecule has 0 radical (unpaired) electrons. The molecule has 3 aromatic carbocycles. The summed E-state index contributed by atoms with van der Waals surface area (Å²) in [7, 11) is 1.15. The quantitative estimate of drug-likeness (QED) is 0.0672. The van der Waals surface area contributed by atoms with Crippen molar-refractivity contribution in [2.24, 2.45) is 40.9 Å². The number of carbonyl (C=O) groups is 2. The third-order valence-electron chi connectivity index (χ3n) is 15.4. The molecule has 4 aliphatic carbocycles. The normalized spacial score (nSPS) is 19.5. The first kappa shape index (κ1) is 83.3. The van der Waals surface area contributed by atoms with Crippen LogP contribution in [0.2, 0.25) is 0 Å². The predicted octanol–water partition coefficient (Wildman–Crippen LogP) is 19.9. The Bertz CT molecular complexity index is 2220. The van der Waals surface area contributed by atoms with Crippen LogP contribution in [-0.2, 0) is 14.6 Å². The summed E-state index contributed by atoms with van der Waals surface area (Å²) in [6, 6.07) is 16.8. The summed E-state index contributed by atoms with van der Waals surface area (Å²) >= 11 is 0. The fraction of sp³-hybridized carbons (Fsp3) is 0.662. The summed E-state index contributed by atoms with van der Waals surface area (Å²) in [6.07, 6.45) is 26.9. The topological polar surface area (TPSA) is 142 Å². The van der Waals surface area contributed by atoms with Crippen LogP contribution in [0.25, 0.3) is 11.6 Å². The second-order valence-corrected chi connectivity index (χ2v) is 22.7. The Morgan fingerprint density at radius 3 is 1.46 bits per heavy atom. The molecule has 0 atom stereocenters. The molecule has 4 aliphatic rings. The van der Waals surface area contributed by atoms with Gasteiger partial charge in [-0.3, -0.25) is 9.59 Å². The average Bonchev–Trinajstić information content (AvgIpc) is 3.42. The highest BCUT2D eigenvalue weighted by Crippen LogP contribution is 2.50. The molecule has 10 nitrogen and oxygen atoms in total. The molecule has 3 fully saturated rings. The summed E-state index contributed by atoms with van der Waals surface area (Å²) in [6.45, 7) is 24.8. The van der Waals surface area contributed by atoms with Crippen LogP contribution < -0.4 is 14.2 Å². The maximum atomic E-state index is 12.5. The van der Waals surface area contributed by atoms with Gasteiger partial charge in [-0.2, -0.15) is 4.79 Å². The molecule has 0 unspecified atom stereocenters. The maximum Gasteiger partial charge on any atom is 0.362 e. The van der Waals surface area contributed by atoms with Gasteiger partial charge in [0.05, 0.1) is 31.8 Å². The first-order chi connectivity index (χ1) is 34.9. The van der Waals surface area contributed by atoms with E-state index in [1.54, 1.807) is 24.3 Å². The van der Waals surface area contributed by atoms with Crippen molar-refractivity contribution < 1.29 is 41.7 Å². The zero-order valence-electron chi connectivity index (χ0n) is 47.7. The lowest BCUT2D eigenvalue weighted by atomic mass is 9.59. The minimum absolute atomic E-state index is 0. The van der Waals surface area contributed by atoms with Crippen molar-refractivity contribution in [3.63, 3.8) is 0 Å². The Labute approximate surface area is 487 Å². The van der Waals surface area contributed by atoms with Gasteiger partial charge in [0.25, 0.3) is 5.78 Å². The minimum Gasteiger partial charge on any atom is -0.493 e. The number of Topliss-reactive ketones (excluding diaryl/α,β-unsaturated/α-hetero) is 1. The summed E-state index contributed by atoms with van der Waals surface area (Å²) in [5, 5.41) is 0. The highest BCUT2D eigenvalue weighted by Gasteiger charge is 2.39. The summed E-state index contributed by atoms with van der Waals surface area (Å²) in [5.74, 6) is 6.85. The minimum atomic E-state index is -3.40. The number of ketones is 2. The number of carbonyl (C=O) groups excluding carboxylic acids is 2. The monoisotopic (exact) mass is 1120 g/mol. The molecule has 0 amide bonds. The molecule has 79 heavy (non-hydrogen) atoms. The molecule has 0 N–H and O–H groups in total. The third-order valence-corrected chi connectivity index (χ3v) is 16.6. The number of methoxy groups -OCH3 is 3. The van der Waals surface area contributed by atoms with Crippen molar-refractivity contribution in [1.82, 2.24) is 0 Å². The second-order valence-electron chi connectivity index (χ2n) is 20.8. The number of rotatable bonds is 14. The van der Waals surface area contributed by atoms with E-state index in [1.807, 2.05) is 32.0 Å². The molecule has 0 bridgehead atoms. The van der Waals surface area contributed by atoms with Gasteiger partial charge >= 0.3 is 5.71 Å². The number of hydrogen-bond donors (Lipinski definition) is 0. The molecule has 0 spiro atoms. The summed E-state index contributed by atoms with van der Waals surface area (Å²) < 4.78 is 44.0. The molecule has 0 aromatic heterocycles. The molecule has 0 saturated heterocycles. The van der Waals surface area contributed by atoms with Gasteiger partial charge in [-0.05, 0) is 104 Å². The largest absolute Gasteiger partial charge is 0.493 e. The molecule has 0 heterocycles. The van der Waals surface area contributed by atoms with E-state index < -0.39 is 15.6 Å². The van der Waals surface area contributed by atoms with Crippen LogP contribution >= 0.6 is 0 Å². The van der Waals surface area contributed by atoms with Gasteiger partial charge in [0, 0.05) is 42.2 Å². The van der Waals surface area contributed by atoms with Crippen molar-refractivity contribution in [2.75, 3.05) is 40.8 Å². The number of fused-ring (bicyclic) bond motifs is 1. The van der Waals surface area contributed by atoms with E-state index in [1.165, 1.54) is 142 Å². The lowest BCUT2D eigenvalue weighted by molar-refractivity contribution is -0.00436. The summed E-state index contributed by atoms with van der Waals surface area (Å²) in [5.41, 5.74) is 10.7. The van der Waals surface area contributed by atoms with Crippen LogP contribution in [0.4, 0.5) is 0 Å². The maximum absolute atomic E-state index is 12.5. The smallest absolute Gasteiger partial charge is 0.362 e. The summed E-state index contributed by atoms with van der Waals surface area (Å²) in [4.78, 5) is 27.3. The van der Waals surface area contributed by atoms with Gasteiger partial charge in [0.1, 0.15) is 0 Å². The van der Waals surface area contributed by atoms with E-state index in [-0.39, 0.29) is 66.5 Å². The lowest BCUT2D eigenvalue weighted by Crippen LogP contribution is -2.36. The molecule has 3 saturated carbocycles. The zero-order valence-corrected chi connectivity index (χ0v) is 48.5. The van der Waals surface area contributed by atoms with Crippen LogP contribution in [0.3, 0.4) is 0 Å². The first-order valence-electron chi connectivity index (χ1n) is 27.7. The molecular formula is C68H120N2O8S. The Morgan fingerprint density at radius 2 is 1.08 bits per heavy atom. The van der Waals surface area contributed by atoms with Crippen molar-refractivity contribution in [1.29, 1.82) is 0 Å². The molecule has 7 rings (SSSR count).